The zero-order chi connectivity index (χ0) is 12.5. The van der Waals surface area contributed by atoms with E-state index in [1.54, 1.807) is 4.90 Å². The maximum absolute atomic E-state index is 11.8. The van der Waals surface area contributed by atoms with Crippen molar-refractivity contribution in [3.8, 4) is 5.75 Å². The molecular weight excluding hydrogens is 228 g/mol. The smallest absolute Gasteiger partial charge is 0.260 e. The van der Waals surface area contributed by atoms with Crippen LogP contribution < -0.4 is 4.74 Å². The predicted octanol–water partition coefficient (Wildman–Crippen LogP) is 2.17. The number of amides is 1. The first kappa shape index (κ1) is 11.1. The van der Waals surface area contributed by atoms with Crippen molar-refractivity contribution >= 4 is 16.8 Å². The molecule has 1 aromatic heterocycles. The summed E-state index contributed by atoms with van der Waals surface area (Å²) in [5, 5.41) is 1.09. The Hall–Kier alpha value is -1.97. The van der Waals surface area contributed by atoms with Gasteiger partial charge in [-0.3, -0.25) is 4.79 Å². The molecule has 1 aliphatic rings. The summed E-state index contributed by atoms with van der Waals surface area (Å²) in [7, 11) is 1.85. The number of aromatic amines is 1. The van der Waals surface area contributed by atoms with Gasteiger partial charge in [-0.15, -0.1) is 0 Å². The molecule has 1 aromatic carbocycles. The quantitative estimate of drug-likeness (QED) is 0.895. The molecule has 4 nitrogen and oxygen atoms in total. The molecule has 1 fully saturated rings. The maximum atomic E-state index is 11.8. The normalized spacial score (nSPS) is 14.7. The van der Waals surface area contributed by atoms with Crippen molar-refractivity contribution < 1.29 is 9.53 Å². The molecule has 0 aliphatic heterocycles. The second-order valence-corrected chi connectivity index (χ2v) is 4.75. The summed E-state index contributed by atoms with van der Waals surface area (Å²) in [4.78, 5) is 16.7. The molecule has 0 spiro atoms. The highest BCUT2D eigenvalue weighted by atomic mass is 16.5. The highest BCUT2D eigenvalue weighted by molar-refractivity contribution is 5.81. The van der Waals surface area contributed by atoms with Gasteiger partial charge in [-0.05, 0) is 37.1 Å². The lowest BCUT2D eigenvalue weighted by atomic mass is 10.2. The molecule has 0 radical (unpaired) electrons. The van der Waals surface area contributed by atoms with Crippen LogP contribution in [0.4, 0.5) is 0 Å². The number of nitrogens with zero attached hydrogens (tertiary/aromatic N) is 1. The molecular formula is C14H16N2O2. The van der Waals surface area contributed by atoms with Gasteiger partial charge in [0.15, 0.2) is 6.61 Å². The minimum atomic E-state index is 0.0478. The van der Waals surface area contributed by atoms with Crippen LogP contribution in [-0.2, 0) is 4.79 Å². The summed E-state index contributed by atoms with van der Waals surface area (Å²) in [6.45, 7) is 0.114. The fraction of sp³-hybridized carbons (Fsp3) is 0.357. The lowest BCUT2D eigenvalue weighted by molar-refractivity contribution is -0.132. The molecule has 1 heterocycles. The number of rotatable bonds is 4. The van der Waals surface area contributed by atoms with E-state index in [1.807, 2.05) is 37.5 Å². The predicted molar refractivity (Wildman–Crippen MR) is 69.6 cm³/mol. The number of hydrogen-bond acceptors (Lipinski definition) is 2. The molecule has 0 atom stereocenters. The van der Waals surface area contributed by atoms with Gasteiger partial charge in [0.25, 0.3) is 5.91 Å². The van der Waals surface area contributed by atoms with Gasteiger partial charge in [-0.2, -0.15) is 0 Å². The molecule has 1 N–H and O–H groups in total. The van der Waals surface area contributed by atoms with Crippen molar-refractivity contribution in [2.24, 2.45) is 0 Å². The molecule has 3 rings (SSSR count). The number of H-pyrrole nitrogens is 1. The van der Waals surface area contributed by atoms with Gasteiger partial charge in [-0.25, -0.2) is 0 Å². The lowest BCUT2D eigenvalue weighted by Gasteiger charge is -2.16. The second kappa shape index (κ2) is 4.37. The first-order valence-electron chi connectivity index (χ1n) is 6.19. The Balaban J connectivity index is 1.63. The molecule has 18 heavy (non-hydrogen) atoms. The minimum absolute atomic E-state index is 0.0478. The number of aromatic nitrogens is 1. The van der Waals surface area contributed by atoms with Crippen molar-refractivity contribution in [1.29, 1.82) is 0 Å². The zero-order valence-corrected chi connectivity index (χ0v) is 10.3. The van der Waals surface area contributed by atoms with E-state index < -0.39 is 0 Å². The van der Waals surface area contributed by atoms with Crippen LogP contribution in [0.25, 0.3) is 10.9 Å². The first-order chi connectivity index (χ1) is 8.74. The van der Waals surface area contributed by atoms with Crippen LogP contribution in [0.15, 0.2) is 30.5 Å². The number of ether oxygens (including phenoxy) is 1. The van der Waals surface area contributed by atoms with Crippen LogP contribution in [0.5, 0.6) is 5.75 Å². The van der Waals surface area contributed by atoms with Crippen molar-refractivity contribution in [2.75, 3.05) is 13.7 Å². The fourth-order valence-corrected chi connectivity index (χ4v) is 2.03. The van der Waals surface area contributed by atoms with E-state index in [0.717, 1.165) is 29.5 Å². The Labute approximate surface area is 106 Å². The van der Waals surface area contributed by atoms with Gasteiger partial charge >= 0.3 is 0 Å². The van der Waals surface area contributed by atoms with Crippen LogP contribution in [0.1, 0.15) is 12.8 Å². The average molecular weight is 244 g/mol. The second-order valence-electron chi connectivity index (χ2n) is 4.75. The van der Waals surface area contributed by atoms with Crippen LogP contribution in [0, 0.1) is 0 Å². The summed E-state index contributed by atoms with van der Waals surface area (Å²) in [6, 6.07) is 8.20. The Morgan fingerprint density at radius 3 is 3.06 bits per heavy atom. The number of benzene rings is 1. The van der Waals surface area contributed by atoms with E-state index in [1.165, 1.54) is 0 Å². The van der Waals surface area contributed by atoms with Crippen molar-refractivity contribution in [2.45, 2.75) is 18.9 Å². The van der Waals surface area contributed by atoms with Crippen LogP contribution in [0.2, 0.25) is 0 Å². The summed E-state index contributed by atoms with van der Waals surface area (Å²) in [5.74, 6) is 0.784. The average Bonchev–Trinajstić information content (AvgIpc) is 3.13. The Morgan fingerprint density at radius 2 is 2.28 bits per heavy atom. The minimum Gasteiger partial charge on any atom is -0.484 e. The third-order valence-corrected chi connectivity index (χ3v) is 3.38. The molecule has 4 heteroatoms. The van der Waals surface area contributed by atoms with Gasteiger partial charge in [0, 0.05) is 30.2 Å². The third-order valence-electron chi connectivity index (χ3n) is 3.38. The van der Waals surface area contributed by atoms with Crippen LogP contribution >= 0.6 is 0 Å². The van der Waals surface area contributed by atoms with E-state index in [0.29, 0.717) is 6.04 Å². The Bertz CT molecular complexity index is 572. The summed E-state index contributed by atoms with van der Waals surface area (Å²) >= 11 is 0. The number of fused-ring (bicyclic) bond motifs is 1. The van der Waals surface area contributed by atoms with E-state index in [2.05, 4.69) is 4.98 Å². The van der Waals surface area contributed by atoms with Gasteiger partial charge in [0.2, 0.25) is 0 Å². The number of likely N-dealkylation sites (N-methyl/N-ethyl adjacent to an activating group) is 1. The van der Waals surface area contributed by atoms with Crippen molar-refractivity contribution in [3.05, 3.63) is 30.5 Å². The maximum Gasteiger partial charge on any atom is 0.260 e. The molecule has 94 valence electrons. The van der Waals surface area contributed by atoms with Crippen molar-refractivity contribution in [3.63, 3.8) is 0 Å². The SMILES string of the molecule is CN(C(=O)COc1ccc2[nH]ccc2c1)C1CC1. The Morgan fingerprint density at radius 1 is 1.44 bits per heavy atom. The fourth-order valence-electron chi connectivity index (χ4n) is 2.03. The van der Waals surface area contributed by atoms with Crippen molar-refractivity contribution in [1.82, 2.24) is 9.88 Å². The van der Waals surface area contributed by atoms with E-state index >= 15 is 0 Å². The number of carbonyl (C=O) groups excluding carboxylic acids is 1. The number of carbonyl (C=O) groups is 1. The van der Waals surface area contributed by atoms with E-state index in [4.69, 9.17) is 4.74 Å². The number of hydrogen-bond donors (Lipinski definition) is 1. The van der Waals surface area contributed by atoms with Gasteiger partial charge in [-0.1, -0.05) is 0 Å². The molecule has 0 bridgehead atoms. The van der Waals surface area contributed by atoms with Gasteiger partial charge < -0.3 is 14.6 Å². The first-order valence-corrected chi connectivity index (χ1v) is 6.19. The third kappa shape index (κ3) is 2.18. The topological polar surface area (TPSA) is 45.3 Å². The van der Waals surface area contributed by atoms with Gasteiger partial charge in [0.05, 0.1) is 0 Å². The molecule has 0 saturated heterocycles. The number of nitrogens with one attached hydrogen (secondary N) is 1. The zero-order valence-electron chi connectivity index (χ0n) is 10.3. The standard InChI is InChI=1S/C14H16N2O2/c1-16(11-2-3-11)14(17)9-18-12-4-5-13-10(8-12)6-7-15-13/h4-8,11,15H,2-3,9H2,1H3. The van der Waals surface area contributed by atoms with Gasteiger partial charge in [0.1, 0.15) is 5.75 Å². The molecule has 2 aromatic rings. The molecule has 0 unspecified atom stereocenters. The van der Waals surface area contributed by atoms with Crippen LogP contribution in [0.3, 0.4) is 0 Å². The molecule has 1 amide bonds. The summed E-state index contributed by atoms with van der Waals surface area (Å²) < 4.78 is 5.54. The van der Waals surface area contributed by atoms with E-state index in [9.17, 15) is 4.79 Å². The summed E-state index contributed by atoms with van der Waals surface area (Å²) in [5.41, 5.74) is 1.07. The monoisotopic (exact) mass is 244 g/mol. The van der Waals surface area contributed by atoms with Crippen LogP contribution in [-0.4, -0.2) is 35.5 Å². The Kier molecular flexibility index (Phi) is 2.70. The summed E-state index contributed by atoms with van der Waals surface area (Å²) in [6.07, 6.45) is 4.13. The van der Waals surface area contributed by atoms with E-state index in [-0.39, 0.29) is 12.5 Å². The molecule has 1 saturated carbocycles. The highest BCUT2D eigenvalue weighted by Gasteiger charge is 2.29. The lowest BCUT2D eigenvalue weighted by Crippen LogP contribution is -2.33. The largest absolute Gasteiger partial charge is 0.484 e. The molecule has 1 aliphatic carbocycles. The highest BCUT2D eigenvalue weighted by Crippen LogP contribution is 2.25.